The first-order valence-corrected chi connectivity index (χ1v) is 9.04. The summed E-state index contributed by atoms with van der Waals surface area (Å²) in [5, 5.41) is 8.86. The van der Waals surface area contributed by atoms with Crippen LogP contribution < -0.4 is 5.32 Å². The third-order valence-corrected chi connectivity index (χ3v) is 5.13. The van der Waals surface area contributed by atoms with Crippen molar-refractivity contribution in [3.63, 3.8) is 0 Å². The van der Waals surface area contributed by atoms with Crippen LogP contribution in [0.3, 0.4) is 0 Å². The van der Waals surface area contributed by atoms with Crippen LogP contribution in [-0.2, 0) is 0 Å². The van der Waals surface area contributed by atoms with Crippen LogP contribution in [0.2, 0.25) is 10.0 Å². The first kappa shape index (κ1) is 15.9. The number of hydrogen-bond donors (Lipinski definition) is 1. The van der Waals surface area contributed by atoms with Crippen LogP contribution in [0.25, 0.3) is 5.70 Å². The molecule has 1 aromatic heterocycles. The number of aromatic nitrogens is 3. The molecule has 4 rings (SSSR count). The lowest BCUT2D eigenvalue weighted by molar-refractivity contribution is 0.612. The van der Waals surface area contributed by atoms with Gasteiger partial charge in [0.05, 0.1) is 0 Å². The molecule has 0 saturated heterocycles. The van der Waals surface area contributed by atoms with Gasteiger partial charge in [0.15, 0.2) is 0 Å². The SMILES string of the molecule is Clc1ccc([C@H]2C=C(c3ccc(I)cc3)Nc3ncnn32)c(Cl)c1. The summed E-state index contributed by atoms with van der Waals surface area (Å²) in [7, 11) is 0. The van der Waals surface area contributed by atoms with Crippen molar-refractivity contribution < 1.29 is 0 Å². The first-order valence-electron chi connectivity index (χ1n) is 7.21. The zero-order valence-corrected chi connectivity index (χ0v) is 15.9. The summed E-state index contributed by atoms with van der Waals surface area (Å²) in [6.45, 7) is 0. The van der Waals surface area contributed by atoms with Gasteiger partial charge >= 0.3 is 0 Å². The Bertz CT molecular complexity index is 934. The summed E-state index contributed by atoms with van der Waals surface area (Å²) in [6.07, 6.45) is 3.63. The molecule has 0 saturated carbocycles. The van der Waals surface area contributed by atoms with E-state index < -0.39 is 0 Å². The van der Waals surface area contributed by atoms with E-state index in [1.807, 2.05) is 16.8 Å². The number of fused-ring (bicyclic) bond motifs is 1. The molecular formula is C17H11Cl2IN4. The largest absolute Gasteiger partial charge is 0.324 e. The van der Waals surface area contributed by atoms with Gasteiger partial charge in [-0.2, -0.15) is 10.1 Å². The van der Waals surface area contributed by atoms with Gasteiger partial charge in [-0.15, -0.1) is 0 Å². The highest BCUT2D eigenvalue weighted by atomic mass is 127. The normalized spacial score (nSPS) is 16.3. The minimum atomic E-state index is -0.150. The fourth-order valence-electron chi connectivity index (χ4n) is 2.69. The van der Waals surface area contributed by atoms with Gasteiger partial charge in [0.1, 0.15) is 12.4 Å². The van der Waals surface area contributed by atoms with Crippen LogP contribution in [-0.4, -0.2) is 14.8 Å². The summed E-state index contributed by atoms with van der Waals surface area (Å²) in [5.41, 5.74) is 2.99. The van der Waals surface area contributed by atoms with Crippen molar-refractivity contribution in [3.8, 4) is 0 Å². The van der Waals surface area contributed by atoms with Gasteiger partial charge in [0.25, 0.3) is 0 Å². The molecule has 1 N–H and O–H groups in total. The molecule has 24 heavy (non-hydrogen) atoms. The molecule has 0 unspecified atom stereocenters. The van der Waals surface area contributed by atoms with E-state index in [1.165, 1.54) is 9.90 Å². The van der Waals surface area contributed by atoms with Crippen LogP contribution >= 0.6 is 45.8 Å². The number of anilines is 1. The topological polar surface area (TPSA) is 42.7 Å². The predicted octanol–water partition coefficient (Wildman–Crippen LogP) is 5.25. The van der Waals surface area contributed by atoms with Crippen molar-refractivity contribution >= 4 is 57.4 Å². The Balaban J connectivity index is 1.83. The molecule has 0 radical (unpaired) electrons. The highest BCUT2D eigenvalue weighted by Gasteiger charge is 2.25. The smallest absolute Gasteiger partial charge is 0.226 e. The average Bonchev–Trinajstić information content (AvgIpc) is 3.03. The maximum atomic E-state index is 6.41. The quantitative estimate of drug-likeness (QED) is 0.522. The van der Waals surface area contributed by atoms with Crippen molar-refractivity contribution in [1.82, 2.24) is 14.8 Å². The van der Waals surface area contributed by atoms with Crippen LogP contribution in [0.1, 0.15) is 17.2 Å². The van der Waals surface area contributed by atoms with Gasteiger partial charge in [0, 0.05) is 19.3 Å². The molecule has 0 amide bonds. The Morgan fingerprint density at radius 3 is 2.62 bits per heavy atom. The van der Waals surface area contributed by atoms with Crippen molar-refractivity contribution in [2.24, 2.45) is 0 Å². The van der Waals surface area contributed by atoms with Gasteiger partial charge in [-0.25, -0.2) is 4.68 Å². The molecule has 1 aliphatic rings. The second kappa shape index (κ2) is 6.38. The Hall–Kier alpha value is -1.57. The summed E-state index contributed by atoms with van der Waals surface area (Å²) >= 11 is 14.7. The zero-order valence-electron chi connectivity index (χ0n) is 12.2. The maximum absolute atomic E-state index is 6.41. The minimum absolute atomic E-state index is 0.150. The number of halogens is 3. The molecular weight excluding hydrogens is 458 g/mol. The average molecular weight is 469 g/mol. The summed E-state index contributed by atoms with van der Waals surface area (Å²) in [5.74, 6) is 0.682. The fourth-order valence-corrected chi connectivity index (χ4v) is 3.57. The molecule has 120 valence electrons. The molecule has 2 aromatic carbocycles. The molecule has 3 aromatic rings. The molecule has 0 bridgehead atoms. The lowest BCUT2D eigenvalue weighted by atomic mass is 10.0. The number of nitrogens with one attached hydrogen (secondary N) is 1. The van der Waals surface area contributed by atoms with Gasteiger partial charge < -0.3 is 5.32 Å². The van der Waals surface area contributed by atoms with Crippen LogP contribution in [0, 0.1) is 3.57 Å². The third-order valence-electron chi connectivity index (χ3n) is 3.84. The van der Waals surface area contributed by atoms with Crippen molar-refractivity contribution in [1.29, 1.82) is 0 Å². The number of rotatable bonds is 2. The Kier molecular flexibility index (Phi) is 4.24. The molecule has 0 fully saturated rings. The minimum Gasteiger partial charge on any atom is -0.324 e. The molecule has 4 nitrogen and oxygen atoms in total. The van der Waals surface area contributed by atoms with E-state index in [0.29, 0.717) is 16.0 Å². The van der Waals surface area contributed by atoms with E-state index in [9.17, 15) is 0 Å². The second-order valence-corrected chi connectivity index (χ2v) is 7.44. The number of allylic oxidation sites excluding steroid dienone is 1. The summed E-state index contributed by atoms with van der Waals surface area (Å²) in [4.78, 5) is 4.30. The maximum Gasteiger partial charge on any atom is 0.226 e. The van der Waals surface area contributed by atoms with Crippen LogP contribution in [0.5, 0.6) is 0 Å². The van der Waals surface area contributed by atoms with E-state index in [1.54, 1.807) is 6.07 Å². The van der Waals surface area contributed by atoms with Gasteiger partial charge in [-0.3, -0.25) is 0 Å². The van der Waals surface area contributed by atoms with E-state index in [2.05, 4.69) is 68.3 Å². The molecule has 2 heterocycles. The van der Waals surface area contributed by atoms with E-state index in [4.69, 9.17) is 23.2 Å². The number of benzene rings is 2. The Labute approximate surface area is 162 Å². The van der Waals surface area contributed by atoms with E-state index >= 15 is 0 Å². The first-order chi connectivity index (χ1) is 11.6. The molecule has 0 aliphatic carbocycles. The second-order valence-electron chi connectivity index (χ2n) is 5.35. The predicted molar refractivity (Wildman–Crippen MR) is 105 cm³/mol. The van der Waals surface area contributed by atoms with Crippen molar-refractivity contribution in [2.75, 3.05) is 5.32 Å². The lowest BCUT2D eigenvalue weighted by Gasteiger charge is -2.25. The van der Waals surface area contributed by atoms with Crippen molar-refractivity contribution in [3.05, 3.63) is 79.6 Å². The standard InChI is InChI=1S/C17H11Cl2IN4/c18-11-3-6-13(14(19)7-11)16-8-15(10-1-4-12(20)5-2-10)23-17-21-9-22-24(16)17/h1-9,16H,(H,21,22,23)/t16-/m1/s1. The highest BCUT2D eigenvalue weighted by Crippen LogP contribution is 2.35. The lowest BCUT2D eigenvalue weighted by Crippen LogP contribution is -2.20. The molecule has 7 heteroatoms. The Morgan fingerprint density at radius 2 is 1.88 bits per heavy atom. The number of nitrogens with zero attached hydrogens (tertiary/aromatic N) is 3. The van der Waals surface area contributed by atoms with Crippen LogP contribution in [0.4, 0.5) is 5.95 Å². The van der Waals surface area contributed by atoms with Gasteiger partial charge in [-0.1, -0.05) is 41.4 Å². The number of hydrogen-bond acceptors (Lipinski definition) is 3. The highest BCUT2D eigenvalue weighted by molar-refractivity contribution is 14.1. The zero-order chi connectivity index (χ0) is 16.7. The molecule has 1 aliphatic heterocycles. The van der Waals surface area contributed by atoms with E-state index in [-0.39, 0.29) is 6.04 Å². The van der Waals surface area contributed by atoms with Crippen LogP contribution in [0.15, 0.2) is 54.9 Å². The third kappa shape index (κ3) is 2.92. The molecule has 1 atom stereocenters. The summed E-state index contributed by atoms with van der Waals surface area (Å²) in [6, 6.07) is 13.6. The Morgan fingerprint density at radius 1 is 1.08 bits per heavy atom. The van der Waals surface area contributed by atoms with Gasteiger partial charge in [-0.05, 0) is 64.1 Å². The fraction of sp³-hybridized carbons (Fsp3) is 0.0588. The monoisotopic (exact) mass is 468 g/mol. The summed E-state index contributed by atoms with van der Waals surface area (Å²) < 4.78 is 3.00. The molecule has 0 spiro atoms. The van der Waals surface area contributed by atoms with Crippen molar-refractivity contribution in [2.45, 2.75) is 6.04 Å². The van der Waals surface area contributed by atoms with E-state index in [0.717, 1.165) is 16.8 Å². The van der Waals surface area contributed by atoms with Gasteiger partial charge in [0.2, 0.25) is 5.95 Å².